The number of hydrogen-bond acceptors (Lipinski definition) is 0. The van der Waals surface area contributed by atoms with Crippen molar-refractivity contribution in [2.45, 2.75) is 190 Å². The minimum absolute atomic E-state index is 0. The third kappa shape index (κ3) is 32.5. The SMILES string of the molecule is C.C.C.C.CC.CC(C)c1cccc(F)c1.CC(C)c1ccccc1.Cc1ccc(C(C)C)cc1.Cc1ccc(C(C)C)cc1.Cc1ccc(C(C)C)cc1.Cc1cccc(C(C)C)c1. The lowest BCUT2D eigenvalue weighted by atomic mass is 10.0. The predicted molar refractivity (Wildman–Crippen MR) is 300 cm³/mol. The van der Waals surface area contributed by atoms with Crippen LogP contribution in [0.4, 0.5) is 4.39 Å². The highest BCUT2D eigenvalue weighted by Gasteiger charge is 2.00. The van der Waals surface area contributed by atoms with Crippen LogP contribution in [0.5, 0.6) is 0 Å². The van der Waals surface area contributed by atoms with Gasteiger partial charge in [0, 0.05) is 0 Å². The molecule has 0 saturated carbocycles. The molecule has 6 aromatic rings. The summed E-state index contributed by atoms with van der Waals surface area (Å²) in [5.41, 5.74) is 13.5. The number of benzene rings is 6. The van der Waals surface area contributed by atoms with Crippen molar-refractivity contribution >= 4 is 0 Å². The first-order chi connectivity index (χ1) is 28.8. The minimum Gasteiger partial charge on any atom is -0.207 e. The largest absolute Gasteiger partial charge is 0.207 e. The summed E-state index contributed by atoms with van der Waals surface area (Å²) in [7, 11) is 0. The van der Waals surface area contributed by atoms with E-state index in [2.05, 4.69) is 232 Å². The van der Waals surface area contributed by atoms with E-state index >= 15 is 0 Å². The molecule has 0 aliphatic rings. The maximum Gasteiger partial charge on any atom is 0.123 e. The molecule has 0 nitrogen and oxygen atoms in total. The lowest BCUT2D eigenvalue weighted by molar-refractivity contribution is 0.623. The van der Waals surface area contributed by atoms with Gasteiger partial charge in [0.05, 0.1) is 0 Å². The van der Waals surface area contributed by atoms with E-state index in [9.17, 15) is 4.39 Å². The number of aryl methyl sites for hydroxylation is 4. The Balaban J connectivity index is -0.000000217. The number of rotatable bonds is 6. The molecule has 6 aromatic carbocycles. The Kier molecular flexibility index (Phi) is 42.2. The summed E-state index contributed by atoms with van der Waals surface area (Å²) in [4.78, 5) is 0. The van der Waals surface area contributed by atoms with E-state index in [0.29, 0.717) is 35.5 Å². The summed E-state index contributed by atoms with van der Waals surface area (Å²) in [6.45, 7) is 38.7. The molecule has 1 heteroatoms. The second-order valence-electron chi connectivity index (χ2n) is 17.5. The van der Waals surface area contributed by atoms with Gasteiger partial charge in [-0.3, -0.25) is 0 Å². The van der Waals surface area contributed by atoms with Gasteiger partial charge in [-0.25, -0.2) is 4.39 Å². The van der Waals surface area contributed by atoms with E-state index in [0.717, 1.165) is 5.56 Å². The summed E-state index contributed by atoms with van der Waals surface area (Å²) < 4.78 is 12.5. The Hall–Kier alpha value is -4.75. The molecular formula is C64H101F. The fourth-order valence-electron chi connectivity index (χ4n) is 5.59. The van der Waals surface area contributed by atoms with Gasteiger partial charge in [0.25, 0.3) is 0 Å². The molecule has 0 N–H and O–H groups in total. The summed E-state index contributed by atoms with van der Waals surface area (Å²) in [5, 5.41) is 0. The molecule has 6 rings (SSSR count). The van der Waals surface area contributed by atoms with E-state index in [1.807, 2.05) is 26.0 Å². The Bertz CT molecular complexity index is 1760. The van der Waals surface area contributed by atoms with Gasteiger partial charge in [-0.15, -0.1) is 0 Å². The molecule has 0 unspecified atom stereocenters. The van der Waals surface area contributed by atoms with Crippen LogP contribution in [0.15, 0.2) is 152 Å². The number of halogens is 1. The van der Waals surface area contributed by atoms with Gasteiger partial charge in [0.1, 0.15) is 5.82 Å². The average Bonchev–Trinajstić information content (AvgIpc) is 3.23. The quantitative estimate of drug-likeness (QED) is 0.156. The van der Waals surface area contributed by atoms with E-state index in [1.165, 1.54) is 56.1 Å². The third-order valence-corrected chi connectivity index (χ3v) is 9.92. The summed E-state index contributed by atoms with van der Waals surface area (Å²) >= 11 is 0. The smallest absolute Gasteiger partial charge is 0.123 e. The highest BCUT2D eigenvalue weighted by Crippen LogP contribution is 2.17. The molecule has 0 amide bonds. The zero-order valence-electron chi connectivity index (χ0n) is 41.8. The molecule has 0 aliphatic carbocycles. The zero-order valence-corrected chi connectivity index (χ0v) is 41.8. The van der Waals surface area contributed by atoms with Gasteiger partial charge >= 0.3 is 0 Å². The maximum atomic E-state index is 12.5. The van der Waals surface area contributed by atoms with Crippen molar-refractivity contribution in [3.63, 3.8) is 0 Å². The highest BCUT2D eigenvalue weighted by molar-refractivity contribution is 5.26. The Labute approximate surface area is 405 Å². The molecule has 0 aliphatic heterocycles. The van der Waals surface area contributed by atoms with Gasteiger partial charge in [-0.05, 0) is 109 Å². The maximum absolute atomic E-state index is 12.5. The normalized spacial score (nSPS) is 9.49. The van der Waals surface area contributed by atoms with Crippen molar-refractivity contribution in [3.8, 4) is 0 Å². The molecule has 0 atom stereocenters. The number of hydrogen-bond donors (Lipinski definition) is 0. The zero-order chi connectivity index (χ0) is 46.5. The molecule has 0 saturated heterocycles. The van der Waals surface area contributed by atoms with Gasteiger partial charge in [-0.1, -0.05) is 288 Å². The van der Waals surface area contributed by atoms with Crippen LogP contribution in [0.2, 0.25) is 0 Å². The Morgan fingerprint density at radius 3 is 0.723 bits per heavy atom. The predicted octanol–water partition coefficient (Wildman–Crippen LogP) is 21.8. The lowest BCUT2D eigenvalue weighted by Crippen LogP contribution is -1.86. The van der Waals surface area contributed by atoms with E-state index in [1.54, 1.807) is 12.1 Å². The standard InChI is InChI=1S/4C10H14.C9H11F.C9H12.C2H6.4CH4/c3*1-8(2)10-6-4-9(3)5-7-10;1-8(2)10-6-4-5-9(3)7-10;1-7(2)8-4-3-5-9(10)6-8;1-8(2)9-6-4-3-5-7-9;1-2;;;;/h4*4-8H,1-3H3;3-7H,1-2H3;3-8H,1-2H3;1-2H3;4*1H4. The van der Waals surface area contributed by atoms with Crippen LogP contribution in [0, 0.1) is 33.5 Å². The highest BCUT2D eigenvalue weighted by atomic mass is 19.1. The average molecular weight is 890 g/mol. The lowest BCUT2D eigenvalue weighted by Gasteiger charge is -2.04. The molecule has 0 heterocycles. The van der Waals surface area contributed by atoms with Crippen LogP contribution in [0.25, 0.3) is 0 Å². The minimum atomic E-state index is -0.147. The summed E-state index contributed by atoms with van der Waals surface area (Å²) in [5.74, 6) is 3.54. The monoisotopic (exact) mass is 889 g/mol. The van der Waals surface area contributed by atoms with Gasteiger partial charge < -0.3 is 0 Å². The first-order valence-electron chi connectivity index (χ1n) is 22.9. The van der Waals surface area contributed by atoms with Gasteiger partial charge in [0.2, 0.25) is 0 Å². The summed E-state index contributed by atoms with van der Waals surface area (Å²) in [6.07, 6.45) is 0. The molecule has 0 fully saturated rings. The van der Waals surface area contributed by atoms with Crippen molar-refractivity contribution in [2.75, 3.05) is 0 Å². The van der Waals surface area contributed by atoms with Crippen molar-refractivity contribution in [2.24, 2.45) is 0 Å². The van der Waals surface area contributed by atoms with Crippen molar-refractivity contribution in [3.05, 3.63) is 213 Å². The van der Waals surface area contributed by atoms with Crippen LogP contribution in [-0.2, 0) is 0 Å². The first kappa shape index (κ1) is 69.3. The van der Waals surface area contributed by atoms with Crippen molar-refractivity contribution < 1.29 is 4.39 Å². The van der Waals surface area contributed by atoms with E-state index in [-0.39, 0.29) is 35.5 Å². The molecule has 0 bridgehead atoms. The van der Waals surface area contributed by atoms with Crippen LogP contribution >= 0.6 is 0 Å². The Morgan fingerprint density at radius 1 is 0.262 bits per heavy atom. The van der Waals surface area contributed by atoms with Crippen molar-refractivity contribution in [1.82, 2.24) is 0 Å². The van der Waals surface area contributed by atoms with Crippen LogP contribution in [0.1, 0.15) is 218 Å². The molecule has 0 radical (unpaired) electrons. The molecular weight excluding hydrogens is 788 g/mol. The second kappa shape index (κ2) is 39.6. The van der Waals surface area contributed by atoms with Crippen LogP contribution in [0.3, 0.4) is 0 Å². The van der Waals surface area contributed by atoms with Crippen LogP contribution in [-0.4, -0.2) is 0 Å². The molecule has 0 spiro atoms. The molecule has 364 valence electrons. The van der Waals surface area contributed by atoms with Crippen molar-refractivity contribution in [1.29, 1.82) is 0 Å². The van der Waals surface area contributed by atoms with E-state index < -0.39 is 0 Å². The van der Waals surface area contributed by atoms with Crippen LogP contribution < -0.4 is 0 Å². The topological polar surface area (TPSA) is 0 Å². The Morgan fingerprint density at radius 2 is 0.508 bits per heavy atom. The van der Waals surface area contributed by atoms with Gasteiger partial charge in [0.15, 0.2) is 0 Å². The van der Waals surface area contributed by atoms with E-state index in [4.69, 9.17) is 0 Å². The third-order valence-electron chi connectivity index (χ3n) is 9.92. The molecule has 0 aromatic heterocycles. The first-order valence-corrected chi connectivity index (χ1v) is 22.9. The molecule has 65 heavy (non-hydrogen) atoms. The second-order valence-corrected chi connectivity index (χ2v) is 17.5. The fraction of sp³-hybridized carbons (Fsp3) is 0.438. The fourth-order valence-corrected chi connectivity index (χ4v) is 5.59. The summed E-state index contributed by atoms with van der Waals surface area (Å²) in [6, 6.07) is 52.0. The van der Waals surface area contributed by atoms with Gasteiger partial charge in [-0.2, -0.15) is 0 Å².